The number of aromatic nitrogens is 3. The molecule has 0 radical (unpaired) electrons. The van der Waals surface area contributed by atoms with Crippen LogP contribution in [0, 0.1) is 12.8 Å². The van der Waals surface area contributed by atoms with Gasteiger partial charge in [0.2, 0.25) is 0 Å². The quantitative estimate of drug-likeness (QED) is 0.923. The molecule has 1 unspecified atom stereocenters. The highest BCUT2D eigenvalue weighted by Gasteiger charge is 2.38. The molecule has 1 aliphatic heterocycles. The van der Waals surface area contributed by atoms with E-state index in [1.165, 1.54) is 50.9 Å². The Morgan fingerprint density at radius 1 is 1.10 bits per heavy atom. The molecule has 1 N–H and O–H groups in total. The van der Waals surface area contributed by atoms with E-state index in [2.05, 4.69) is 40.9 Å². The molecule has 4 heteroatoms. The van der Waals surface area contributed by atoms with Gasteiger partial charge in [-0.25, -0.2) is 0 Å². The van der Waals surface area contributed by atoms with Gasteiger partial charge in [-0.15, -0.1) is 10.2 Å². The summed E-state index contributed by atoms with van der Waals surface area (Å²) in [4.78, 5) is 0. The average molecular weight is 276 g/mol. The van der Waals surface area contributed by atoms with Gasteiger partial charge in [-0.1, -0.05) is 26.7 Å². The maximum atomic E-state index is 4.59. The lowest BCUT2D eigenvalue weighted by Crippen LogP contribution is -2.42. The Morgan fingerprint density at radius 2 is 1.85 bits per heavy atom. The van der Waals surface area contributed by atoms with Crippen LogP contribution >= 0.6 is 0 Å². The van der Waals surface area contributed by atoms with Gasteiger partial charge in [0.1, 0.15) is 11.6 Å². The average Bonchev–Trinajstić information content (AvgIpc) is 3.08. The van der Waals surface area contributed by atoms with Gasteiger partial charge in [-0.05, 0) is 51.6 Å². The fourth-order valence-electron chi connectivity index (χ4n) is 4.06. The van der Waals surface area contributed by atoms with Crippen molar-refractivity contribution in [3.05, 3.63) is 11.6 Å². The Labute approximate surface area is 122 Å². The predicted octanol–water partition coefficient (Wildman–Crippen LogP) is 2.98. The number of rotatable bonds is 3. The van der Waals surface area contributed by atoms with Crippen LogP contribution in [0.4, 0.5) is 0 Å². The minimum Gasteiger partial charge on any atom is -0.316 e. The topological polar surface area (TPSA) is 42.7 Å². The molecular weight excluding hydrogens is 248 g/mol. The van der Waals surface area contributed by atoms with Crippen molar-refractivity contribution in [1.29, 1.82) is 0 Å². The third-order valence-corrected chi connectivity index (χ3v) is 5.45. The first-order chi connectivity index (χ1) is 9.60. The van der Waals surface area contributed by atoms with Gasteiger partial charge in [0.25, 0.3) is 0 Å². The molecule has 0 aromatic carbocycles. The van der Waals surface area contributed by atoms with Gasteiger partial charge < -0.3 is 9.88 Å². The first-order valence-electron chi connectivity index (χ1n) is 8.23. The Kier molecular flexibility index (Phi) is 3.85. The van der Waals surface area contributed by atoms with Gasteiger partial charge in [-0.3, -0.25) is 0 Å². The summed E-state index contributed by atoms with van der Waals surface area (Å²) in [5.41, 5.74) is 0.108. The minimum absolute atomic E-state index is 0.108. The van der Waals surface area contributed by atoms with E-state index in [-0.39, 0.29) is 5.41 Å². The van der Waals surface area contributed by atoms with Gasteiger partial charge in [0.15, 0.2) is 0 Å². The van der Waals surface area contributed by atoms with E-state index in [0.29, 0.717) is 12.0 Å². The van der Waals surface area contributed by atoms with E-state index < -0.39 is 0 Å². The van der Waals surface area contributed by atoms with E-state index in [4.69, 9.17) is 0 Å². The Bertz CT molecular complexity index is 451. The fourth-order valence-corrected chi connectivity index (χ4v) is 4.06. The van der Waals surface area contributed by atoms with Gasteiger partial charge in [-0.2, -0.15) is 0 Å². The summed E-state index contributed by atoms with van der Waals surface area (Å²) in [6, 6.07) is 0.635. The van der Waals surface area contributed by atoms with Crippen LogP contribution in [0.2, 0.25) is 0 Å². The highest BCUT2D eigenvalue weighted by atomic mass is 15.3. The van der Waals surface area contributed by atoms with E-state index in [1.54, 1.807) is 0 Å². The lowest BCUT2D eigenvalue weighted by Gasteiger charge is -2.37. The maximum absolute atomic E-state index is 4.59. The Hall–Kier alpha value is -0.900. The Balaban J connectivity index is 1.92. The van der Waals surface area contributed by atoms with Gasteiger partial charge >= 0.3 is 0 Å². The lowest BCUT2D eigenvalue weighted by molar-refractivity contribution is 0.230. The first-order valence-corrected chi connectivity index (χ1v) is 8.23. The molecule has 1 aromatic heterocycles. The molecule has 4 nitrogen and oxygen atoms in total. The number of nitrogens with one attached hydrogen (secondary N) is 1. The van der Waals surface area contributed by atoms with Crippen LogP contribution in [-0.4, -0.2) is 27.9 Å². The summed E-state index contributed by atoms with van der Waals surface area (Å²) >= 11 is 0. The van der Waals surface area contributed by atoms with Crippen molar-refractivity contribution in [2.24, 2.45) is 5.92 Å². The Morgan fingerprint density at radius 3 is 2.50 bits per heavy atom. The minimum atomic E-state index is 0.108. The molecular formula is C16H28N4. The van der Waals surface area contributed by atoms with Crippen molar-refractivity contribution in [2.75, 3.05) is 13.1 Å². The molecule has 0 bridgehead atoms. The summed E-state index contributed by atoms with van der Waals surface area (Å²) in [7, 11) is 0. The van der Waals surface area contributed by atoms with E-state index in [0.717, 1.165) is 12.4 Å². The summed E-state index contributed by atoms with van der Waals surface area (Å²) < 4.78 is 2.46. The molecule has 3 rings (SSSR count). The normalized spacial score (nSPS) is 25.2. The largest absolute Gasteiger partial charge is 0.316 e. The molecule has 1 saturated carbocycles. The van der Waals surface area contributed by atoms with E-state index >= 15 is 0 Å². The molecule has 1 atom stereocenters. The second-order valence-corrected chi connectivity index (χ2v) is 7.14. The van der Waals surface area contributed by atoms with Crippen LogP contribution in [0.15, 0.2) is 0 Å². The van der Waals surface area contributed by atoms with Gasteiger partial charge in [0.05, 0.1) is 0 Å². The van der Waals surface area contributed by atoms with Crippen LogP contribution < -0.4 is 5.32 Å². The number of hydrogen-bond donors (Lipinski definition) is 1. The van der Waals surface area contributed by atoms with Crippen LogP contribution in [0.1, 0.15) is 70.1 Å². The molecule has 2 fully saturated rings. The highest BCUT2D eigenvalue weighted by Crippen LogP contribution is 2.39. The predicted molar refractivity (Wildman–Crippen MR) is 80.9 cm³/mol. The molecule has 112 valence electrons. The number of piperidine rings is 1. The smallest absolute Gasteiger partial charge is 0.139 e. The maximum Gasteiger partial charge on any atom is 0.139 e. The summed E-state index contributed by atoms with van der Waals surface area (Å²) in [5, 5.41) is 12.6. The second kappa shape index (κ2) is 5.47. The van der Waals surface area contributed by atoms with Crippen molar-refractivity contribution < 1.29 is 0 Å². The number of nitrogens with zero attached hydrogens (tertiary/aromatic N) is 3. The standard InChI is InChI=1S/C16H28N4/c1-12-18-19-15(20(12)14-8-4-5-9-14)16(2,3)13-7-6-10-17-11-13/h13-14,17H,4-11H2,1-3H3. The van der Waals surface area contributed by atoms with Crippen molar-refractivity contribution in [1.82, 2.24) is 20.1 Å². The van der Waals surface area contributed by atoms with Crippen LogP contribution in [-0.2, 0) is 5.41 Å². The zero-order valence-electron chi connectivity index (χ0n) is 13.2. The second-order valence-electron chi connectivity index (χ2n) is 7.14. The fraction of sp³-hybridized carbons (Fsp3) is 0.875. The van der Waals surface area contributed by atoms with E-state index in [1.807, 2.05) is 0 Å². The van der Waals surface area contributed by atoms with Crippen molar-refractivity contribution in [3.63, 3.8) is 0 Å². The molecule has 20 heavy (non-hydrogen) atoms. The molecule has 1 aliphatic carbocycles. The number of hydrogen-bond acceptors (Lipinski definition) is 3. The zero-order chi connectivity index (χ0) is 14.2. The van der Waals surface area contributed by atoms with E-state index in [9.17, 15) is 0 Å². The van der Waals surface area contributed by atoms with Gasteiger partial charge in [0, 0.05) is 11.5 Å². The zero-order valence-corrected chi connectivity index (χ0v) is 13.2. The van der Waals surface area contributed by atoms with Crippen LogP contribution in [0.5, 0.6) is 0 Å². The summed E-state index contributed by atoms with van der Waals surface area (Å²) in [6.07, 6.45) is 7.89. The molecule has 2 aliphatic rings. The third kappa shape index (κ3) is 2.39. The molecule has 1 aromatic rings. The summed E-state index contributed by atoms with van der Waals surface area (Å²) in [5.74, 6) is 2.99. The van der Waals surface area contributed by atoms with Crippen molar-refractivity contribution in [3.8, 4) is 0 Å². The highest BCUT2D eigenvalue weighted by molar-refractivity contribution is 5.12. The van der Waals surface area contributed by atoms with Crippen molar-refractivity contribution >= 4 is 0 Å². The summed E-state index contributed by atoms with van der Waals surface area (Å²) in [6.45, 7) is 9.12. The third-order valence-electron chi connectivity index (χ3n) is 5.45. The lowest BCUT2D eigenvalue weighted by atomic mass is 9.74. The molecule has 1 saturated heterocycles. The molecule has 2 heterocycles. The van der Waals surface area contributed by atoms with Crippen LogP contribution in [0.3, 0.4) is 0 Å². The number of aryl methyl sites for hydroxylation is 1. The monoisotopic (exact) mass is 276 g/mol. The first kappa shape index (κ1) is 14.1. The SMILES string of the molecule is Cc1nnc(C(C)(C)C2CCCNC2)n1C1CCCC1. The molecule has 0 amide bonds. The van der Waals surface area contributed by atoms with Crippen molar-refractivity contribution in [2.45, 2.75) is 70.8 Å². The van der Waals surface area contributed by atoms with Crippen LogP contribution in [0.25, 0.3) is 0 Å². The molecule has 0 spiro atoms.